The molecule has 3 heterocycles. The second-order valence-corrected chi connectivity index (χ2v) is 10.4. The molecule has 3 fully saturated rings. The van der Waals surface area contributed by atoms with Crippen LogP contribution in [0.3, 0.4) is 0 Å². The number of pyridine rings is 1. The zero-order chi connectivity index (χ0) is 26.2. The number of aryl methyl sites for hydroxylation is 1. The van der Waals surface area contributed by atoms with Gasteiger partial charge in [0.05, 0.1) is 12.3 Å². The minimum absolute atomic E-state index is 0.134. The lowest BCUT2D eigenvalue weighted by Crippen LogP contribution is -2.55. The molecule has 0 radical (unpaired) electrons. The van der Waals surface area contributed by atoms with Gasteiger partial charge in [0.25, 0.3) is 11.7 Å². The number of carbonyl (C=O) groups excluding carboxylic acids is 1. The number of thiocarbonyl (C=S) groups is 1. The zero-order valence-corrected chi connectivity index (χ0v) is 22.1. The molecule has 1 spiro atoms. The average Bonchev–Trinajstić information content (AvgIpc) is 3.10. The molecule has 37 heavy (non-hydrogen) atoms. The number of hydrogen-bond donors (Lipinski definition) is 0. The molecule has 0 unspecified atom stereocenters. The Morgan fingerprint density at radius 1 is 1.19 bits per heavy atom. The van der Waals surface area contributed by atoms with E-state index >= 15 is 4.39 Å². The van der Waals surface area contributed by atoms with E-state index in [1.165, 1.54) is 17.2 Å². The Labute approximate surface area is 222 Å². The number of benzene rings is 1. The topological polar surface area (TPSA) is 56.5 Å². The number of anilines is 2. The van der Waals surface area contributed by atoms with Crippen molar-refractivity contribution in [3.63, 3.8) is 0 Å². The second kappa shape index (κ2) is 10.3. The van der Waals surface area contributed by atoms with E-state index in [9.17, 15) is 4.79 Å². The number of piperazine rings is 1. The van der Waals surface area contributed by atoms with Crippen molar-refractivity contribution in [3.8, 4) is 5.75 Å². The van der Waals surface area contributed by atoms with Crippen molar-refractivity contribution >= 4 is 40.4 Å². The SMILES string of the molecule is [C-]#[N+]c1ncc(N2C(=O)C3(CCC3)N(c3ccc(OCCCN4CCN(C)CC4)c(F)c3)C2=S)cc1C. The monoisotopic (exact) mass is 522 g/mol. The van der Waals surface area contributed by atoms with Gasteiger partial charge in [-0.3, -0.25) is 9.69 Å². The molecule has 1 aliphatic carbocycles. The number of nitrogens with zero attached hydrogens (tertiary/aromatic N) is 6. The summed E-state index contributed by atoms with van der Waals surface area (Å²) < 4.78 is 20.9. The van der Waals surface area contributed by atoms with Crippen molar-refractivity contribution in [2.75, 3.05) is 56.2 Å². The van der Waals surface area contributed by atoms with E-state index in [-0.39, 0.29) is 17.5 Å². The summed E-state index contributed by atoms with van der Waals surface area (Å²) in [5.41, 5.74) is 0.907. The minimum atomic E-state index is -0.819. The first kappa shape index (κ1) is 25.5. The van der Waals surface area contributed by atoms with E-state index in [1.807, 2.05) is 0 Å². The van der Waals surface area contributed by atoms with Crippen LogP contribution >= 0.6 is 12.2 Å². The van der Waals surface area contributed by atoms with Gasteiger partial charge in [0, 0.05) is 44.5 Å². The summed E-state index contributed by atoms with van der Waals surface area (Å²) in [7, 11) is 2.13. The first-order chi connectivity index (χ1) is 17.8. The molecule has 1 amide bonds. The summed E-state index contributed by atoms with van der Waals surface area (Å²) in [4.78, 5) is 29.2. The summed E-state index contributed by atoms with van der Waals surface area (Å²) in [5.74, 6) is -0.116. The van der Waals surface area contributed by atoms with Crippen molar-refractivity contribution in [2.45, 2.75) is 38.1 Å². The third kappa shape index (κ3) is 4.67. The van der Waals surface area contributed by atoms with Crippen LogP contribution in [0.2, 0.25) is 0 Å². The van der Waals surface area contributed by atoms with Crippen LogP contribution in [0, 0.1) is 19.3 Å². The Hall–Kier alpha value is -3.13. The molecule has 2 saturated heterocycles. The number of hydrogen-bond acceptors (Lipinski definition) is 6. The number of ether oxygens (including phenoxy) is 1. The van der Waals surface area contributed by atoms with Gasteiger partial charge in [-0.15, -0.1) is 4.98 Å². The predicted octanol–water partition coefficient (Wildman–Crippen LogP) is 4.16. The Bertz CT molecular complexity index is 1250. The quantitative estimate of drug-likeness (QED) is 0.308. The summed E-state index contributed by atoms with van der Waals surface area (Å²) >= 11 is 5.77. The standard InChI is InChI=1S/C27H31FN6O2S/c1-19-16-21(18-30-24(19)29-2)33-25(35)27(8-4-9-27)34(26(33)37)20-6-7-23(22(28)17-20)36-15-5-10-32-13-11-31(3)12-14-32/h6-7,16-18H,4-5,8-15H2,1,3H3. The molecule has 3 aliphatic rings. The third-order valence-corrected chi connectivity index (χ3v) is 8.00. The van der Waals surface area contributed by atoms with Crippen LogP contribution in [0.4, 0.5) is 21.6 Å². The lowest BCUT2D eigenvalue weighted by atomic mass is 9.75. The summed E-state index contributed by atoms with van der Waals surface area (Å²) in [6.07, 6.45) is 4.50. The van der Waals surface area contributed by atoms with Crippen molar-refractivity contribution in [1.29, 1.82) is 0 Å². The second-order valence-electron chi connectivity index (χ2n) is 10.1. The molecule has 10 heteroatoms. The lowest BCUT2D eigenvalue weighted by Gasteiger charge is -2.43. The van der Waals surface area contributed by atoms with E-state index < -0.39 is 11.4 Å². The number of halogens is 1. The molecule has 1 aromatic heterocycles. The van der Waals surface area contributed by atoms with Crippen LogP contribution in [-0.2, 0) is 4.79 Å². The molecule has 5 rings (SSSR count). The van der Waals surface area contributed by atoms with Gasteiger partial charge in [0.1, 0.15) is 11.7 Å². The van der Waals surface area contributed by atoms with Crippen LogP contribution in [0.5, 0.6) is 5.75 Å². The van der Waals surface area contributed by atoms with Gasteiger partial charge in [-0.05, 0) is 75.6 Å². The van der Waals surface area contributed by atoms with Crippen LogP contribution in [0.1, 0.15) is 31.2 Å². The summed E-state index contributed by atoms with van der Waals surface area (Å²) in [6, 6.07) is 6.55. The molecule has 8 nitrogen and oxygen atoms in total. The van der Waals surface area contributed by atoms with Crippen molar-refractivity contribution < 1.29 is 13.9 Å². The molecule has 1 aromatic carbocycles. The molecule has 2 aromatic rings. The smallest absolute Gasteiger partial charge is 0.272 e. The van der Waals surface area contributed by atoms with E-state index in [1.54, 1.807) is 30.0 Å². The number of likely N-dealkylation sites (N-methyl/N-ethyl adjacent to an activating group) is 1. The summed E-state index contributed by atoms with van der Waals surface area (Å²) in [6.45, 7) is 14.6. The summed E-state index contributed by atoms with van der Waals surface area (Å²) in [5, 5.41) is 0.293. The Balaban J connectivity index is 1.30. The van der Waals surface area contributed by atoms with E-state index in [4.69, 9.17) is 23.5 Å². The molecule has 1 saturated carbocycles. The van der Waals surface area contributed by atoms with E-state index in [0.29, 0.717) is 41.5 Å². The minimum Gasteiger partial charge on any atom is -0.490 e. The molecule has 2 aliphatic heterocycles. The van der Waals surface area contributed by atoms with Crippen LogP contribution in [-0.4, -0.2) is 77.7 Å². The van der Waals surface area contributed by atoms with Crippen LogP contribution < -0.4 is 14.5 Å². The molecular formula is C27H31FN6O2S. The van der Waals surface area contributed by atoms with Gasteiger partial charge in [-0.2, -0.15) is 0 Å². The lowest BCUT2D eigenvalue weighted by molar-refractivity contribution is -0.123. The van der Waals surface area contributed by atoms with Gasteiger partial charge in [-0.1, -0.05) is 6.57 Å². The van der Waals surface area contributed by atoms with Gasteiger partial charge < -0.3 is 24.3 Å². The average molecular weight is 523 g/mol. The maximum Gasteiger partial charge on any atom is 0.272 e. The van der Waals surface area contributed by atoms with Crippen LogP contribution in [0.25, 0.3) is 4.85 Å². The molecule has 0 N–H and O–H groups in total. The number of carbonyl (C=O) groups is 1. The fraction of sp³-hybridized carbons (Fsp3) is 0.481. The Morgan fingerprint density at radius 3 is 2.57 bits per heavy atom. The molecule has 0 atom stereocenters. The van der Waals surface area contributed by atoms with Crippen molar-refractivity contribution in [1.82, 2.24) is 14.8 Å². The normalized spacial score (nSPS) is 19.8. The maximum atomic E-state index is 15.1. The fourth-order valence-corrected chi connectivity index (χ4v) is 5.76. The van der Waals surface area contributed by atoms with Crippen LogP contribution in [0.15, 0.2) is 30.5 Å². The first-order valence-corrected chi connectivity index (χ1v) is 13.1. The number of amides is 1. The number of aromatic nitrogens is 1. The predicted molar refractivity (Wildman–Crippen MR) is 145 cm³/mol. The Kier molecular flexibility index (Phi) is 7.12. The fourth-order valence-electron chi connectivity index (χ4n) is 5.29. The highest BCUT2D eigenvalue weighted by molar-refractivity contribution is 7.81. The van der Waals surface area contributed by atoms with Gasteiger partial charge in [-0.25, -0.2) is 4.39 Å². The number of rotatable bonds is 7. The maximum absolute atomic E-state index is 15.1. The van der Waals surface area contributed by atoms with Gasteiger partial charge in [0.15, 0.2) is 16.7 Å². The highest BCUT2D eigenvalue weighted by Gasteiger charge is 2.59. The molecule has 0 bridgehead atoms. The van der Waals surface area contributed by atoms with Gasteiger partial charge in [0.2, 0.25) is 0 Å². The Morgan fingerprint density at radius 2 is 1.95 bits per heavy atom. The highest BCUT2D eigenvalue weighted by Crippen LogP contribution is 2.48. The van der Waals surface area contributed by atoms with E-state index in [2.05, 4.69) is 26.7 Å². The first-order valence-electron chi connectivity index (χ1n) is 12.7. The van der Waals surface area contributed by atoms with Gasteiger partial charge >= 0.3 is 0 Å². The molecular weight excluding hydrogens is 491 g/mol. The highest BCUT2D eigenvalue weighted by atomic mass is 32.1. The molecule has 194 valence electrons. The largest absolute Gasteiger partial charge is 0.490 e. The third-order valence-electron chi connectivity index (χ3n) is 7.64. The van der Waals surface area contributed by atoms with E-state index in [0.717, 1.165) is 45.6 Å². The zero-order valence-electron chi connectivity index (χ0n) is 21.2. The van der Waals surface area contributed by atoms with Crippen molar-refractivity contribution in [2.24, 2.45) is 0 Å². The van der Waals surface area contributed by atoms with Crippen molar-refractivity contribution in [3.05, 3.63) is 53.3 Å².